The lowest BCUT2D eigenvalue weighted by Gasteiger charge is -2.19. The Morgan fingerprint density at radius 1 is 1.07 bits per heavy atom. The van der Waals surface area contributed by atoms with Crippen LogP contribution in [0.1, 0.15) is 75.8 Å². The Labute approximate surface area is 260 Å². The molecule has 1 aliphatic heterocycles. The van der Waals surface area contributed by atoms with Crippen molar-refractivity contribution in [2.45, 2.75) is 44.8 Å². The molecule has 4 aromatic carbocycles. The standard InChI is InChI=1S/C36H33F3N4O2/c1-23(2)32-17-26(19-40)18-33(34(32)44)41-20-24-3-7-28(8-4-24)35(45)42-21-25-5-13-31(14-6-25)43-16-15-29(22-43)27-9-11-30(12-10-27)36(37,38)39/h3-14,17-18,20,23,29,44H,15-16,21-22H2,1-2H3,(H,42,45)/b41-20+. The molecule has 0 radical (unpaired) electrons. The molecule has 1 unspecified atom stereocenters. The fourth-order valence-corrected chi connectivity index (χ4v) is 5.43. The van der Waals surface area contributed by atoms with Gasteiger partial charge in [-0.2, -0.15) is 18.4 Å². The summed E-state index contributed by atoms with van der Waals surface area (Å²) >= 11 is 0. The van der Waals surface area contributed by atoms with Crippen molar-refractivity contribution in [1.82, 2.24) is 5.32 Å². The van der Waals surface area contributed by atoms with Gasteiger partial charge in [-0.15, -0.1) is 0 Å². The van der Waals surface area contributed by atoms with E-state index in [4.69, 9.17) is 0 Å². The van der Waals surface area contributed by atoms with Gasteiger partial charge in [-0.05, 0) is 83.1 Å². The molecule has 1 heterocycles. The molecular weight excluding hydrogens is 577 g/mol. The summed E-state index contributed by atoms with van der Waals surface area (Å²) in [4.78, 5) is 19.4. The first kappa shape index (κ1) is 31.3. The van der Waals surface area contributed by atoms with Gasteiger partial charge in [0.2, 0.25) is 0 Å². The molecule has 9 heteroatoms. The summed E-state index contributed by atoms with van der Waals surface area (Å²) in [5.41, 5.74) is 4.87. The van der Waals surface area contributed by atoms with E-state index >= 15 is 0 Å². The number of amides is 1. The second-order valence-electron chi connectivity index (χ2n) is 11.5. The Balaban J connectivity index is 1.14. The van der Waals surface area contributed by atoms with Crippen molar-refractivity contribution < 1.29 is 23.1 Å². The summed E-state index contributed by atoms with van der Waals surface area (Å²) in [6, 6.07) is 25.6. The predicted molar refractivity (Wildman–Crippen MR) is 169 cm³/mol. The number of phenols is 1. The smallest absolute Gasteiger partial charge is 0.416 e. The largest absolute Gasteiger partial charge is 0.505 e. The zero-order valence-corrected chi connectivity index (χ0v) is 25.0. The van der Waals surface area contributed by atoms with Crippen LogP contribution < -0.4 is 10.2 Å². The molecule has 45 heavy (non-hydrogen) atoms. The van der Waals surface area contributed by atoms with Crippen molar-refractivity contribution in [3.63, 3.8) is 0 Å². The number of nitrogens with zero attached hydrogens (tertiary/aromatic N) is 3. The Hall–Kier alpha value is -5.10. The van der Waals surface area contributed by atoms with Crippen LogP contribution in [-0.2, 0) is 12.7 Å². The number of halogens is 3. The molecule has 1 fully saturated rings. The van der Waals surface area contributed by atoms with E-state index in [0.29, 0.717) is 28.9 Å². The first-order chi connectivity index (χ1) is 21.5. The van der Waals surface area contributed by atoms with Crippen LogP contribution in [0.2, 0.25) is 0 Å². The van der Waals surface area contributed by atoms with E-state index in [9.17, 15) is 28.3 Å². The van der Waals surface area contributed by atoms with Gasteiger partial charge < -0.3 is 15.3 Å². The monoisotopic (exact) mass is 610 g/mol. The molecule has 1 saturated heterocycles. The van der Waals surface area contributed by atoms with Crippen LogP contribution in [0.25, 0.3) is 0 Å². The Morgan fingerprint density at radius 3 is 2.38 bits per heavy atom. The van der Waals surface area contributed by atoms with Crippen LogP contribution in [0.5, 0.6) is 5.75 Å². The average molecular weight is 611 g/mol. The summed E-state index contributed by atoms with van der Waals surface area (Å²) in [5, 5.41) is 22.8. The van der Waals surface area contributed by atoms with Crippen LogP contribution in [0.4, 0.5) is 24.5 Å². The molecule has 0 aromatic heterocycles. The number of carbonyl (C=O) groups is 1. The fraction of sp³-hybridized carbons (Fsp3) is 0.250. The lowest BCUT2D eigenvalue weighted by molar-refractivity contribution is -0.137. The van der Waals surface area contributed by atoms with Crippen molar-refractivity contribution in [3.05, 3.63) is 124 Å². The van der Waals surface area contributed by atoms with Gasteiger partial charge in [-0.3, -0.25) is 9.79 Å². The van der Waals surface area contributed by atoms with Gasteiger partial charge in [0.25, 0.3) is 5.91 Å². The second kappa shape index (κ2) is 13.3. The highest BCUT2D eigenvalue weighted by Crippen LogP contribution is 2.36. The van der Waals surface area contributed by atoms with Crippen LogP contribution in [0.15, 0.2) is 89.9 Å². The molecule has 1 amide bonds. The number of alkyl halides is 3. The minimum absolute atomic E-state index is 0.0320. The van der Waals surface area contributed by atoms with Crippen molar-refractivity contribution in [2.75, 3.05) is 18.0 Å². The predicted octanol–water partition coefficient (Wildman–Crippen LogP) is 8.08. The maximum Gasteiger partial charge on any atom is 0.416 e. The lowest BCUT2D eigenvalue weighted by Crippen LogP contribution is -2.23. The number of rotatable bonds is 8. The third kappa shape index (κ3) is 7.52. The van der Waals surface area contributed by atoms with Gasteiger partial charge in [0, 0.05) is 43.0 Å². The van der Waals surface area contributed by atoms with Gasteiger partial charge in [-0.25, -0.2) is 0 Å². The Bertz CT molecular complexity index is 1720. The number of nitrogens with one attached hydrogen (secondary N) is 1. The topological polar surface area (TPSA) is 88.7 Å². The minimum Gasteiger partial charge on any atom is -0.505 e. The summed E-state index contributed by atoms with van der Waals surface area (Å²) in [7, 11) is 0. The zero-order chi connectivity index (χ0) is 32.1. The number of carbonyl (C=O) groups excluding carboxylic acids is 1. The first-order valence-electron chi connectivity index (χ1n) is 14.7. The van der Waals surface area contributed by atoms with E-state index in [-0.39, 0.29) is 23.5 Å². The quantitative estimate of drug-likeness (QED) is 0.198. The molecule has 230 valence electrons. The van der Waals surface area contributed by atoms with Crippen LogP contribution in [0, 0.1) is 11.3 Å². The highest BCUT2D eigenvalue weighted by Gasteiger charge is 2.31. The van der Waals surface area contributed by atoms with Gasteiger partial charge in [0.15, 0.2) is 0 Å². The molecule has 2 N–H and O–H groups in total. The number of anilines is 1. The maximum absolute atomic E-state index is 12.9. The molecular formula is C36H33F3N4O2. The van der Waals surface area contributed by atoms with E-state index in [1.54, 1.807) is 48.7 Å². The van der Waals surface area contributed by atoms with Crippen molar-refractivity contribution >= 4 is 23.5 Å². The normalized spacial score (nSPS) is 15.0. The van der Waals surface area contributed by atoms with Crippen molar-refractivity contribution in [2.24, 2.45) is 4.99 Å². The summed E-state index contributed by atoms with van der Waals surface area (Å²) in [5.74, 6) is 0.0302. The van der Waals surface area contributed by atoms with Crippen LogP contribution >= 0.6 is 0 Å². The first-order valence-corrected chi connectivity index (χ1v) is 14.7. The van der Waals surface area contributed by atoms with E-state index < -0.39 is 11.7 Å². The van der Waals surface area contributed by atoms with Gasteiger partial charge in [-0.1, -0.05) is 50.2 Å². The molecule has 0 aliphatic carbocycles. The number of nitriles is 1. The van der Waals surface area contributed by atoms with Gasteiger partial charge >= 0.3 is 6.18 Å². The van der Waals surface area contributed by atoms with Crippen LogP contribution in [0.3, 0.4) is 0 Å². The number of phenolic OH excluding ortho intramolecular Hbond substituents is 1. The SMILES string of the molecule is CC(C)c1cc(C#N)cc(/N=C/c2ccc(C(=O)NCc3ccc(N4CCC(c5ccc(C(F)(F)F)cc5)C4)cc3)cc2)c1O. The number of hydrogen-bond acceptors (Lipinski definition) is 5. The van der Waals surface area contributed by atoms with Crippen molar-refractivity contribution in [3.8, 4) is 11.8 Å². The summed E-state index contributed by atoms with van der Waals surface area (Å²) in [6.07, 6.45) is -1.89. The molecule has 0 bridgehead atoms. The number of aliphatic imine (C=N–C) groups is 1. The van der Waals surface area contributed by atoms with E-state index in [0.717, 1.165) is 54.0 Å². The Morgan fingerprint density at radius 2 is 1.76 bits per heavy atom. The molecule has 6 nitrogen and oxygen atoms in total. The zero-order valence-electron chi connectivity index (χ0n) is 25.0. The van der Waals surface area contributed by atoms with Crippen molar-refractivity contribution in [1.29, 1.82) is 5.26 Å². The lowest BCUT2D eigenvalue weighted by atomic mass is 9.97. The second-order valence-corrected chi connectivity index (χ2v) is 11.5. The molecule has 5 rings (SSSR count). The number of aromatic hydroxyl groups is 1. The molecule has 0 saturated carbocycles. The van der Waals surface area contributed by atoms with E-state index in [2.05, 4.69) is 21.3 Å². The third-order valence-electron chi connectivity index (χ3n) is 8.05. The molecule has 0 spiro atoms. The molecule has 1 aliphatic rings. The van der Waals surface area contributed by atoms with Gasteiger partial charge in [0.05, 0.1) is 17.2 Å². The third-order valence-corrected chi connectivity index (χ3v) is 8.05. The highest BCUT2D eigenvalue weighted by molar-refractivity contribution is 5.95. The number of hydrogen-bond donors (Lipinski definition) is 2. The fourth-order valence-electron chi connectivity index (χ4n) is 5.43. The highest BCUT2D eigenvalue weighted by atomic mass is 19.4. The van der Waals surface area contributed by atoms with Gasteiger partial charge in [0.1, 0.15) is 11.4 Å². The molecule has 4 aromatic rings. The summed E-state index contributed by atoms with van der Waals surface area (Å²) in [6.45, 7) is 5.76. The van der Waals surface area contributed by atoms with E-state index in [1.165, 1.54) is 6.07 Å². The minimum atomic E-state index is -4.33. The maximum atomic E-state index is 12.9. The Kier molecular flexibility index (Phi) is 9.24. The summed E-state index contributed by atoms with van der Waals surface area (Å²) < 4.78 is 38.7. The molecule has 1 atom stereocenters. The van der Waals surface area contributed by atoms with Crippen LogP contribution in [-0.4, -0.2) is 30.3 Å². The van der Waals surface area contributed by atoms with E-state index in [1.807, 2.05) is 38.1 Å². The average Bonchev–Trinajstić information content (AvgIpc) is 3.54. The number of benzene rings is 4.